The van der Waals surface area contributed by atoms with Gasteiger partial charge in [0.05, 0.1) is 23.4 Å². The number of unbranched alkanes of at least 4 members (excludes halogenated alkanes) is 2. The van der Waals surface area contributed by atoms with Gasteiger partial charge in [-0.05, 0) is 45.7 Å². The third-order valence-electron chi connectivity index (χ3n) is 5.36. The fourth-order valence-corrected chi connectivity index (χ4v) is 3.63. The zero-order valence-electron chi connectivity index (χ0n) is 20.0. The third-order valence-corrected chi connectivity index (χ3v) is 5.36. The summed E-state index contributed by atoms with van der Waals surface area (Å²) in [4.78, 5) is 36.4. The highest BCUT2D eigenvalue weighted by Crippen LogP contribution is 2.25. The first kappa shape index (κ1) is 24.4. The maximum Gasteiger partial charge on any atom is 0.408 e. The van der Waals surface area contributed by atoms with Crippen LogP contribution in [0.4, 0.5) is 4.79 Å². The molecule has 0 aliphatic rings. The summed E-state index contributed by atoms with van der Waals surface area (Å²) in [5.41, 5.74) is 2.13. The van der Waals surface area contributed by atoms with Gasteiger partial charge in [-0.3, -0.25) is 9.78 Å². The summed E-state index contributed by atoms with van der Waals surface area (Å²) in [6.45, 7) is 7.40. The van der Waals surface area contributed by atoms with Crippen molar-refractivity contribution < 1.29 is 14.3 Å². The van der Waals surface area contributed by atoms with Crippen LogP contribution in [0.5, 0.6) is 0 Å². The van der Waals surface area contributed by atoms with E-state index in [0.717, 1.165) is 41.4 Å². The SMILES string of the molecule is CCC(=O)CCCCC[C@H](NC(=O)OC(C)(C)C)c1ncc(-c2cnc3ccccc3c2)[nH]1. The Kier molecular flexibility index (Phi) is 8.20. The molecule has 0 fully saturated rings. The van der Waals surface area contributed by atoms with Gasteiger partial charge in [0.1, 0.15) is 17.2 Å². The molecule has 0 saturated carbocycles. The van der Waals surface area contributed by atoms with Gasteiger partial charge in [-0.25, -0.2) is 9.78 Å². The van der Waals surface area contributed by atoms with E-state index in [-0.39, 0.29) is 11.8 Å². The Morgan fingerprint density at radius 1 is 1.09 bits per heavy atom. The van der Waals surface area contributed by atoms with E-state index in [1.165, 1.54) is 0 Å². The summed E-state index contributed by atoms with van der Waals surface area (Å²) in [5, 5.41) is 4.01. The van der Waals surface area contributed by atoms with E-state index in [9.17, 15) is 9.59 Å². The van der Waals surface area contributed by atoms with Gasteiger partial charge in [-0.2, -0.15) is 0 Å². The van der Waals surface area contributed by atoms with Crippen LogP contribution >= 0.6 is 0 Å². The van der Waals surface area contributed by atoms with Crippen LogP contribution in [0.3, 0.4) is 0 Å². The van der Waals surface area contributed by atoms with E-state index in [0.29, 0.717) is 25.1 Å². The molecule has 176 valence electrons. The van der Waals surface area contributed by atoms with Crippen LogP contribution in [0.2, 0.25) is 0 Å². The average Bonchev–Trinajstić information content (AvgIpc) is 3.26. The topological polar surface area (TPSA) is 97.0 Å². The highest BCUT2D eigenvalue weighted by molar-refractivity contribution is 5.82. The second kappa shape index (κ2) is 11.1. The van der Waals surface area contributed by atoms with E-state index in [1.807, 2.05) is 58.2 Å². The van der Waals surface area contributed by atoms with E-state index >= 15 is 0 Å². The molecule has 0 aliphatic heterocycles. The molecule has 2 N–H and O–H groups in total. The number of hydrogen-bond acceptors (Lipinski definition) is 5. The fourth-order valence-electron chi connectivity index (χ4n) is 3.63. The maximum atomic E-state index is 12.5. The quantitative estimate of drug-likeness (QED) is 0.363. The number of carbonyl (C=O) groups excluding carboxylic acids is 2. The molecule has 0 radical (unpaired) electrons. The number of para-hydroxylation sites is 1. The van der Waals surface area contributed by atoms with Crippen LogP contribution < -0.4 is 5.32 Å². The number of nitrogens with zero attached hydrogens (tertiary/aromatic N) is 2. The number of nitrogens with one attached hydrogen (secondary N) is 2. The lowest BCUT2D eigenvalue weighted by Crippen LogP contribution is -2.35. The zero-order chi connectivity index (χ0) is 23.8. The number of H-pyrrole nitrogens is 1. The summed E-state index contributed by atoms with van der Waals surface area (Å²) < 4.78 is 5.46. The van der Waals surface area contributed by atoms with Crippen molar-refractivity contribution in [3.63, 3.8) is 0 Å². The number of ether oxygens (including phenoxy) is 1. The van der Waals surface area contributed by atoms with Crippen LogP contribution in [0.25, 0.3) is 22.2 Å². The molecule has 2 heterocycles. The lowest BCUT2D eigenvalue weighted by molar-refractivity contribution is -0.118. The number of aromatic amines is 1. The molecule has 7 heteroatoms. The van der Waals surface area contributed by atoms with Crippen molar-refractivity contribution in [3.05, 3.63) is 48.5 Å². The van der Waals surface area contributed by atoms with Gasteiger partial charge in [0.15, 0.2) is 0 Å². The Morgan fingerprint density at radius 3 is 2.64 bits per heavy atom. The van der Waals surface area contributed by atoms with Crippen molar-refractivity contribution in [1.29, 1.82) is 0 Å². The van der Waals surface area contributed by atoms with Gasteiger partial charge >= 0.3 is 6.09 Å². The van der Waals surface area contributed by atoms with Crippen molar-refractivity contribution >= 4 is 22.8 Å². The minimum atomic E-state index is -0.583. The predicted molar refractivity (Wildman–Crippen MR) is 130 cm³/mol. The number of carbonyl (C=O) groups is 2. The molecule has 7 nitrogen and oxygen atoms in total. The first-order valence-corrected chi connectivity index (χ1v) is 11.7. The Bertz CT molecular complexity index is 1080. The molecule has 3 aromatic rings. The van der Waals surface area contributed by atoms with Crippen molar-refractivity contribution in [2.75, 3.05) is 0 Å². The number of alkyl carbamates (subject to hydrolysis) is 1. The second-order valence-electron chi connectivity index (χ2n) is 9.29. The van der Waals surface area contributed by atoms with Crippen LogP contribution in [-0.4, -0.2) is 32.4 Å². The second-order valence-corrected chi connectivity index (χ2v) is 9.29. The van der Waals surface area contributed by atoms with Crippen LogP contribution in [0.1, 0.15) is 78.1 Å². The monoisotopic (exact) mass is 450 g/mol. The van der Waals surface area contributed by atoms with Gasteiger partial charge in [-0.1, -0.05) is 38.0 Å². The lowest BCUT2D eigenvalue weighted by atomic mass is 10.0. The maximum absolute atomic E-state index is 12.5. The molecular weight excluding hydrogens is 416 g/mol. The number of hydrogen-bond donors (Lipinski definition) is 2. The predicted octanol–water partition coefficient (Wildman–Crippen LogP) is 6.12. The molecule has 0 spiro atoms. The molecule has 1 aromatic carbocycles. The largest absolute Gasteiger partial charge is 0.444 e. The number of amides is 1. The molecule has 0 saturated heterocycles. The summed E-state index contributed by atoms with van der Waals surface area (Å²) >= 11 is 0. The molecule has 1 amide bonds. The van der Waals surface area contributed by atoms with E-state index in [4.69, 9.17) is 4.74 Å². The number of aromatic nitrogens is 3. The van der Waals surface area contributed by atoms with Gasteiger partial charge in [0.25, 0.3) is 0 Å². The Balaban J connectivity index is 1.72. The minimum absolute atomic E-state index is 0.290. The molecule has 3 rings (SSSR count). The average molecular weight is 451 g/mol. The summed E-state index contributed by atoms with van der Waals surface area (Å²) in [6.07, 6.45) is 7.65. The van der Waals surface area contributed by atoms with E-state index in [2.05, 4.69) is 26.3 Å². The molecule has 0 unspecified atom stereocenters. The van der Waals surface area contributed by atoms with E-state index < -0.39 is 11.7 Å². The zero-order valence-corrected chi connectivity index (χ0v) is 20.0. The lowest BCUT2D eigenvalue weighted by Gasteiger charge is -2.23. The van der Waals surface area contributed by atoms with Gasteiger partial charge < -0.3 is 15.0 Å². The van der Waals surface area contributed by atoms with Crippen molar-refractivity contribution in [2.45, 2.75) is 77.9 Å². The molecule has 33 heavy (non-hydrogen) atoms. The van der Waals surface area contributed by atoms with Gasteiger partial charge in [-0.15, -0.1) is 0 Å². The summed E-state index contributed by atoms with van der Waals surface area (Å²) in [7, 11) is 0. The highest BCUT2D eigenvalue weighted by atomic mass is 16.6. The molecule has 0 aliphatic carbocycles. The number of pyridine rings is 1. The van der Waals surface area contributed by atoms with E-state index in [1.54, 1.807) is 6.20 Å². The molecule has 0 bridgehead atoms. The third kappa shape index (κ3) is 7.41. The molecular formula is C26H34N4O3. The van der Waals surface area contributed by atoms with Gasteiger partial charge in [0, 0.05) is 30.0 Å². The number of Topliss-reactive ketones (excluding diaryl/α,β-unsaturated/α-hetero) is 1. The smallest absolute Gasteiger partial charge is 0.408 e. The Morgan fingerprint density at radius 2 is 1.88 bits per heavy atom. The van der Waals surface area contributed by atoms with Crippen LogP contribution in [0, 0.1) is 0 Å². The number of benzene rings is 1. The standard InChI is InChI=1S/C26H34N4O3/c1-5-20(31)12-7-6-8-14-22(30-25(32)33-26(2,3)4)24-28-17-23(29-24)19-15-18-11-9-10-13-21(18)27-16-19/h9-11,13,15-17,22H,5-8,12,14H2,1-4H3,(H,28,29)(H,30,32)/t22-/m0/s1. The van der Waals surface area contributed by atoms with Crippen molar-refractivity contribution in [1.82, 2.24) is 20.3 Å². The fraction of sp³-hybridized carbons (Fsp3) is 0.462. The molecule has 2 aromatic heterocycles. The van der Waals surface area contributed by atoms with Gasteiger partial charge in [0.2, 0.25) is 0 Å². The number of rotatable bonds is 10. The summed E-state index contributed by atoms with van der Waals surface area (Å²) in [6, 6.07) is 9.71. The first-order chi connectivity index (χ1) is 15.7. The minimum Gasteiger partial charge on any atom is -0.444 e. The number of ketones is 1. The summed E-state index contributed by atoms with van der Waals surface area (Å²) in [5.74, 6) is 0.965. The normalized spacial score (nSPS) is 12.5. The number of imidazole rings is 1. The van der Waals surface area contributed by atoms with Crippen molar-refractivity contribution in [2.24, 2.45) is 0 Å². The number of fused-ring (bicyclic) bond motifs is 1. The Labute approximate surface area is 195 Å². The molecule has 1 atom stereocenters. The van der Waals surface area contributed by atoms with Crippen molar-refractivity contribution in [3.8, 4) is 11.3 Å². The van der Waals surface area contributed by atoms with Crippen LogP contribution in [-0.2, 0) is 9.53 Å². The first-order valence-electron chi connectivity index (χ1n) is 11.7. The highest BCUT2D eigenvalue weighted by Gasteiger charge is 2.22. The Hall–Kier alpha value is -3.22. The van der Waals surface area contributed by atoms with Crippen LogP contribution in [0.15, 0.2) is 42.7 Å².